The zero-order chi connectivity index (χ0) is 11.8. The monoisotopic (exact) mass is 217 g/mol. The largest absolute Gasteiger partial charge is 0.481 e. The molecule has 88 valence electrons. The van der Waals surface area contributed by atoms with Crippen molar-refractivity contribution < 1.29 is 19.8 Å². The van der Waals surface area contributed by atoms with Gasteiger partial charge >= 0.3 is 11.9 Å². The minimum absolute atomic E-state index is 0.0126. The van der Waals surface area contributed by atoms with Crippen LogP contribution in [0.4, 0.5) is 0 Å². The van der Waals surface area contributed by atoms with Crippen molar-refractivity contribution in [2.45, 2.75) is 39.2 Å². The second-order valence-electron chi connectivity index (χ2n) is 3.55. The van der Waals surface area contributed by atoms with Gasteiger partial charge in [0.2, 0.25) is 0 Å². The summed E-state index contributed by atoms with van der Waals surface area (Å²) in [7, 11) is 0. The predicted molar refractivity (Wildman–Crippen MR) is 55.8 cm³/mol. The number of hydrogen-bond donors (Lipinski definition) is 2. The van der Waals surface area contributed by atoms with Gasteiger partial charge in [-0.1, -0.05) is 13.3 Å². The van der Waals surface area contributed by atoms with Gasteiger partial charge in [-0.25, -0.2) is 0 Å². The molecule has 0 rings (SSSR count). The van der Waals surface area contributed by atoms with E-state index in [9.17, 15) is 9.59 Å². The van der Waals surface area contributed by atoms with Crippen LogP contribution in [0.1, 0.15) is 33.1 Å². The van der Waals surface area contributed by atoms with E-state index in [1.54, 1.807) is 11.8 Å². The Morgan fingerprint density at radius 2 is 1.87 bits per heavy atom. The van der Waals surface area contributed by atoms with Crippen molar-refractivity contribution in [3.63, 3.8) is 0 Å². The molecule has 0 bridgehead atoms. The van der Waals surface area contributed by atoms with Crippen LogP contribution >= 0.6 is 0 Å². The summed E-state index contributed by atoms with van der Waals surface area (Å²) in [6.45, 7) is 4.53. The van der Waals surface area contributed by atoms with E-state index in [0.29, 0.717) is 13.1 Å². The van der Waals surface area contributed by atoms with Gasteiger partial charge in [0.25, 0.3) is 0 Å². The van der Waals surface area contributed by atoms with E-state index in [4.69, 9.17) is 10.2 Å². The van der Waals surface area contributed by atoms with Crippen LogP contribution in [-0.2, 0) is 9.59 Å². The van der Waals surface area contributed by atoms with Gasteiger partial charge in [0.15, 0.2) is 0 Å². The normalized spacial score (nSPS) is 12.7. The summed E-state index contributed by atoms with van der Waals surface area (Å²) in [5.41, 5.74) is 0. The van der Waals surface area contributed by atoms with Crippen LogP contribution in [-0.4, -0.2) is 46.2 Å². The fourth-order valence-corrected chi connectivity index (χ4v) is 1.26. The maximum atomic E-state index is 10.8. The maximum Gasteiger partial charge on any atom is 0.320 e. The molecule has 0 heterocycles. The highest BCUT2D eigenvalue weighted by molar-refractivity contribution is 5.73. The first-order valence-corrected chi connectivity index (χ1v) is 5.17. The molecule has 0 saturated carbocycles. The molecule has 1 unspecified atom stereocenters. The van der Waals surface area contributed by atoms with Crippen molar-refractivity contribution in [1.82, 2.24) is 4.90 Å². The molecule has 0 radical (unpaired) electrons. The lowest BCUT2D eigenvalue weighted by atomic mass is 10.2. The maximum absolute atomic E-state index is 10.8. The number of unbranched alkanes of at least 4 members (excludes halogenated alkanes) is 1. The number of carbonyl (C=O) groups is 2. The molecule has 15 heavy (non-hydrogen) atoms. The topological polar surface area (TPSA) is 77.8 Å². The zero-order valence-corrected chi connectivity index (χ0v) is 9.27. The van der Waals surface area contributed by atoms with Crippen molar-refractivity contribution in [3.8, 4) is 0 Å². The molecular weight excluding hydrogens is 198 g/mol. The predicted octanol–water partition coefficient (Wildman–Crippen LogP) is 1.04. The van der Waals surface area contributed by atoms with Crippen LogP contribution in [0.15, 0.2) is 0 Å². The van der Waals surface area contributed by atoms with E-state index in [1.807, 2.05) is 6.92 Å². The van der Waals surface area contributed by atoms with Crippen LogP contribution in [0.3, 0.4) is 0 Å². The third-order valence-electron chi connectivity index (χ3n) is 2.32. The third kappa shape index (κ3) is 6.06. The number of carboxylic acids is 2. The number of rotatable bonds is 8. The highest BCUT2D eigenvalue weighted by Crippen LogP contribution is 2.04. The van der Waals surface area contributed by atoms with Crippen LogP contribution in [0.25, 0.3) is 0 Å². The molecule has 1 atom stereocenters. The van der Waals surface area contributed by atoms with E-state index < -0.39 is 18.0 Å². The Hall–Kier alpha value is -1.10. The molecule has 2 N–H and O–H groups in total. The van der Waals surface area contributed by atoms with Gasteiger partial charge < -0.3 is 10.2 Å². The van der Waals surface area contributed by atoms with Gasteiger partial charge in [-0.3, -0.25) is 14.5 Å². The molecule has 5 heteroatoms. The Bertz CT molecular complexity index is 217. The SMILES string of the molecule is CCCCN(CCC(=O)O)C(C)C(=O)O. The van der Waals surface area contributed by atoms with Gasteiger partial charge in [0.1, 0.15) is 6.04 Å². The Labute approximate surface area is 89.7 Å². The standard InChI is InChI=1S/C10H19NO4/c1-3-4-6-11(7-5-9(12)13)8(2)10(14)15/h8H,3-7H2,1-2H3,(H,12,13)(H,14,15). The van der Waals surface area contributed by atoms with E-state index >= 15 is 0 Å². The van der Waals surface area contributed by atoms with Crippen molar-refractivity contribution in [2.75, 3.05) is 13.1 Å². The zero-order valence-electron chi connectivity index (χ0n) is 9.27. The van der Waals surface area contributed by atoms with Crippen LogP contribution < -0.4 is 0 Å². The summed E-state index contributed by atoms with van der Waals surface area (Å²) >= 11 is 0. The summed E-state index contributed by atoms with van der Waals surface area (Å²) < 4.78 is 0. The van der Waals surface area contributed by atoms with Gasteiger partial charge in [0.05, 0.1) is 6.42 Å². The molecule has 0 amide bonds. The second kappa shape index (κ2) is 7.23. The van der Waals surface area contributed by atoms with E-state index in [-0.39, 0.29) is 6.42 Å². The Morgan fingerprint density at radius 3 is 2.27 bits per heavy atom. The number of aliphatic carboxylic acids is 2. The Morgan fingerprint density at radius 1 is 1.27 bits per heavy atom. The highest BCUT2D eigenvalue weighted by Gasteiger charge is 2.20. The van der Waals surface area contributed by atoms with Crippen LogP contribution in [0.2, 0.25) is 0 Å². The van der Waals surface area contributed by atoms with E-state index in [1.165, 1.54) is 0 Å². The summed E-state index contributed by atoms with van der Waals surface area (Å²) in [4.78, 5) is 22.8. The minimum atomic E-state index is -0.906. The molecule has 0 aliphatic carbocycles. The molecule has 0 aliphatic rings. The minimum Gasteiger partial charge on any atom is -0.481 e. The molecule has 0 fully saturated rings. The quantitative estimate of drug-likeness (QED) is 0.635. The first-order valence-electron chi connectivity index (χ1n) is 5.17. The molecule has 0 aromatic heterocycles. The first-order chi connectivity index (χ1) is 6.99. The Balaban J connectivity index is 4.16. The van der Waals surface area contributed by atoms with Crippen molar-refractivity contribution >= 4 is 11.9 Å². The number of nitrogens with zero attached hydrogens (tertiary/aromatic N) is 1. The lowest BCUT2D eigenvalue weighted by molar-refractivity contribution is -0.144. The summed E-state index contributed by atoms with van der Waals surface area (Å²) in [5, 5.41) is 17.4. The van der Waals surface area contributed by atoms with Gasteiger partial charge in [-0.05, 0) is 19.9 Å². The summed E-state index contributed by atoms with van der Waals surface area (Å²) in [5.74, 6) is -1.80. The fraction of sp³-hybridized carbons (Fsp3) is 0.800. The summed E-state index contributed by atoms with van der Waals surface area (Å²) in [6.07, 6.45) is 1.84. The van der Waals surface area contributed by atoms with Gasteiger partial charge in [-0.15, -0.1) is 0 Å². The van der Waals surface area contributed by atoms with Gasteiger partial charge in [0, 0.05) is 6.54 Å². The second-order valence-corrected chi connectivity index (χ2v) is 3.55. The number of hydrogen-bond acceptors (Lipinski definition) is 3. The molecular formula is C10H19NO4. The van der Waals surface area contributed by atoms with E-state index in [2.05, 4.69) is 0 Å². The molecule has 0 aromatic carbocycles. The average Bonchev–Trinajstić information content (AvgIpc) is 2.16. The highest BCUT2D eigenvalue weighted by atomic mass is 16.4. The smallest absolute Gasteiger partial charge is 0.320 e. The lowest BCUT2D eigenvalue weighted by Gasteiger charge is -2.25. The van der Waals surface area contributed by atoms with Crippen LogP contribution in [0, 0.1) is 0 Å². The van der Waals surface area contributed by atoms with E-state index in [0.717, 1.165) is 12.8 Å². The van der Waals surface area contributed by atoms with Gasteiger partial charge in [-0.2, -0.15) is 0 Å². The van der Waals surface area contributed by atoms with Crippen molar-refractivity contribution in [2.24, 2.45) is 0 Å². The summed E-state index contributed by atoms with van der Waals surface area (Å²) in [6, 6.07) is -0.615. The molecule has 0 aliphatic heterocycles. The molecule has 0 aromatic rings. The molecule has 0 spiro atoms. The van der Waals surface area contributed by atoms with Crippen molar-refractivity contribution in [1.29, 1.82) is 0 Å². The first kappa shape index (κ1) is 13.9. The lowest BCUT2D eigenvalue weighted by Crippen LogP contribution is -2.40. The van der Waals surface area contributed by atoms with Crippen molar-refractivity contribution in [3.05, 3.63) is 0 Å². The van der Waals surface area contributed by atoms with Crippen LogP contribution in [0.5, 0.6) is 0 Å². The Kier molecular flexibility index (Phi) is 6.70. The third-order valence-corrected chi connectivity index (χ3v) is 2.32. The fourth-order valence-electron chi connectivity index (χ4n) is 1.26. The molecule has 0 saturated heterocycles. The number of carboxylic acid groups (broad SMARTS) is 2. The molecule has 5 nitrogen and oxygen atoms in total. The average molecular weight is 217 g/mol.